The van der Waals surface area contributed by atoms with Crippen molar-refractivity contribution in [1.82, 2.24) is 9.46 Å². The summed E-state index contributed by atoms with van der Waals surface area (Å²) in [6, 6.07) is 5.19. The molecule has 1 aliphatic heterocycles. The highest BCUT2D eigenvalue weighted by atomic mass is 32.2. The molecule has 3 rings (SSSR count). The van der Waals surface area contributed by atoms with E-state index in [1.807, 2.05) is 0 Å². The van der Waals surface area contributed by atoms with Gasteiger partial charge >= 0.3 is 0 Å². The smallest absolute Gasteiger partial charge is 0.270 e. The van der Waals surface area contributed by atoms with Gasteiger partial charge in [-0.25, -0.2) is 8.42 Å². The zero-order chi connectivity index (χ0) is 17.5. The molecule has 9 heteroatoms. The number of nitro benzene ring substituents is 1. The van der Waals surface area contributed by atoms with E-state index >= 15 is 0 Å². The lowest BCUT2D eigenvalue weighted by atomic mass is 10.1. The van der Waals surface area contributed by atoms with Crippen molar-refractivity contribution in [3.8, 4) is 0 Å². The number of hydrogen-bond donors (Lipinski definition) is 0. The first-order valence-corrected chi connectivity index (χ1v) is 8.95. The highest BCUT2D eigenvalue weighted by Crippen LogP contribution is 2.37. The molecule has 2 aromatic rings. The van der Waals surface area contributed by atoms with Gasteiger partial charge in [0.2, 0.25) is 10.0 Å². The number of non-ortho nitro benzene ring substituents is 1. The Balaban J connectivity index is 2.04. The molecule has 24 heavy (non-hydrogen) atoms. The Morgan fingerprint density at radius 2 is 2.08 bits per heavy atom. The average Bonchev–Trinajstić information content (AvgIpc) is 3.15. The summed E-state index contributed by atoms with van der Waals surface area (Å²) in [5, 5.41) is 14.9. The molecule has 1 fully saturated rings. The molecule has 0 N–H and O–H groups in total. The summed E-state index contributed by atoms with van der Waals surface area (Å²) in [5.41, 5.74) is 0.798. The number of benzene rings is 1. The molecule has 0 saturated carbocycles. The molecule has 1 saturated heterocycles. The highest BCUT2D eigenvalue weighted by Gasteiger charge is 2.38. The summed E-state index contributed by atoms with van der Waals surface area (Å²) in [4.78, 5) is 10.3. The van der Waals surface area contributed by atoms with Crippen LogP contribution in [0.2, 0.25) is 0 Å². The number of hydrogen-bond acceptors (Lipinski definition) is 6. The molecule has 2 heterocycles. The zero-order valence-electron chi connectivity index (χ0n) is 13.3. The van der Waals surface area contributed by atoms with Crippen molar-refractivity contribution in [2.45, 2.75) is 37.6 Å². The number of nitro groups is 1. The Morgan fingerprint density at radius 1 is 1.33 bits per heavy atom. The molecule has 0 aliphatic carbocycles. The van der Waals surface area contributed by atoms with Gasteiger partial charge in [0.05, 0.1) is 15.9 Å². The summed E-state index contributed by atoms with van der Waals surface area (Å²) in [6.07, 6.45) is 1.34. The molecule has 0 amide bonds. The van der Waals surface area contributed by atoms with Crippen LogP contribution in [-0.4, -0.2) is 29.3 Å². The van der Waals surface area contributed by atoms with Crippen molar-refractivity contribution in [3.05, 3.63) is 51.4 Å². The van der Waals surface area contributed by atoms with E-state index < -0.39 is 21.0 Å². The van der Waals surface area contributed by atoms with E-state index in [0.29, 0.717) is 36.4 Å². The molecular formula is C15H17N3O5S. The van der Waals surface area contributed by atoms with Crippen LogP contribution >= 0.6 is 0 Å². The first-order valence-electron chi connectivity index (χ1n) is 7.51. The van der Waals surface area contributed by atoms with E-state index in [4.69, 9.17) is 4.52 Å². The van der Waals surface area contributed by atoms with E-state index in [1.165, 1.54) is 16.4 Å². The normalized spacial score (nSPS) is 18.8. The second-order valence-electron chi connectivity index (χ2n) is 5.84. The number of nitrogens with zero attached hydrogens (tertiary/aromatic N) is 3. The van der Waals surface area contributed by atoms with E-state index in [0.717, 1.165) is 6.07 Å². The van der Waals surface area contributed by atoms with Gasteiger partial charge in [0.25, 0.3) is 5.69 Å². The van der Waals surface area contributed by atoms with Gasteiger partial charge in [-0.15, -0.1) is 0 Å². The fraction of sp³-hybridized carbons (Fsp3) is 0.400. The van der Waals surface area contributed by atoms with Crippen molar-refractivity contribution in [2.75, 3.05) is 6.54 Å². The molecule has 0 spiro atoms. The molecule has 1 aromatic carbocycles. The van der Waals surface area contributed by atoms with Crippen molar-refractivity contribution in [3.63, 3.8) is 0 Å². The Labute approximate surface area is 139 Å². The molecule has 1 unspecified atom stereocenters. The maximum Gasteiger partial charge on any atom is 0.270 e. The van der Waals surface area contributed by atoms with E-state index in [2.05, 4.69) is 5.16 Å². The lowest BCUT2D eigenvalue weighted by Gasteiger charge is -2.23. The predicted molar refractivity (Wildman–Crippen MR) is 84.9 cm³/mol. The second-order valence-corrected chi connectivity index (χ2v) is 7.70. The summed E-state index contributed by atoms with van der Waals surface area (Å²) < 4.78 is 32.5. The Hall–Kier alpha value is -2.26. The molecule has 128 valence electrons. The van der Waals surface area contributed by atoms with Gasteiger partial charge in [-0.1, -0.05) is 11.2 Å². The topological polar surface area (TPSA) is 107 Å². The van der Waals surface area contributed by atoms with Gasteiger partial charge in [0.1, 0.15) is 11.5 Å². The van der Waals surface area contributed by atoms with Crippen molar-refractivity contribution < 1.29 is 17.9 Å². The molecular weight excluding hydrogens is 334 g/mol. The van der Waals surface area contributed by atoms with Crippen molar-refractivity contribution in [2.24, 2.45) is 0 Å². The van der Waals surface area contributed by atoms with Crippen molar-refractivity contribution >= 4 is 15.7 Å². The second kappa shape index (κ2) is 5.99. The van der Waals surface area contributed by atoms with Crippen molar-refractivity contribution in [1.29, 1.82) is 0 Å². The minimum atomic E-state index is -3.87. The number of aromatic nitrogens is 1. The van der Waals surface area contributed by atoms with Gasteiger partial charge in [0, 0.05) is 24.7 Å². The van der Waals surface area contributed by atoms with Gasteiger partial charge in [-0.05, 0) is 32.3 Å². The summed E-state index contributed by atoms with van der Waals surface area (Å²) in [7, 11) is -3.87. The van der Waals surface area contributed by atoms with E-state index in [9.17, 15) is 18.5 Å². The monoisotopic (exact) mass is 351 g/mol. The van der Waals surface area contributed by atoms with Crippen LogP contribution in [0.25, 0.3) is 0 Å². The van der Waals surface area contributed by atoms with Gasteiger partial charge in [0.15, 0.2) is 0 Å². The fourth-order valence-corrected chi connectivity index (χ4v) is 4.89. The average molecular weight is 351 g/mol. The Kier molecular flexibility index (Phi) is 4.14. The molecule has 1 aliphatic rings. The predicted octanol–water partition coefficient (Wildman–Crippen LogP) is 2.73. The molecule has 0 bridgehead atoms. The summed E-state index contributed by atoms with van der Waals surface area (Å²) in [6.45, 7) is 3.72. The third-order valence-electron chi connectivity index (χ3n) is 4.16. The lowest BCUT2D eigenvalue weighted by molar-refractivity contribution is -0.385. The largest absolute Gasteiger partial charge is 0.361 e. The minimum absolute atomic E-state index is 0.0381. The fourth-order valence-electron chi connectivity index (χ4n) is 2.97. The maximum atomic E-state index is 13.1. The zero-order valence-corrected chi connectivity index (χ0v) is 14.1. The third kappa shape index (κ3) is 2.80. The first-order chi connectivity index (χ1) is 11.3. The maximum absolute atomic E-state index is 13.1. The molecule has 1 atom stereocenters. The number of sulfonamides is 1. The Bertz CT molecular complexity index is 890. The van der Waals surface area contributed by atoms with Crippen LogP contribution in [0.5, 0.6) is 0 Å². The van der Waals surface area contributed by atoms with Crippen LogP contribution in [0, 0.1) is 24.0 Å². The first kappa shape index (κ1) is 16.6. The standard InChI is InChI=1S/C15H17N3O5S/c1-10-5-6-12(18(19)20)9-15(10)24(21,22)17-7-3-4-14(17)13-8-11(2)23-16-13/h5-6,8-9,14H,3-4,7H2,1-2H3. The van der Waals surface area contributed by atoms with Crippen LogP contribution in [0.15, 0.2) is 33.7 Å². The molecule has 1 aromatic heterocycles. The lowest BCUT2D eigenvalue weighted by Crippen LogP contribution is -2.31. The van der Waals surface area contributed by atoms with Crippen LogP contribution in [0.1, 0.15) is 35.9 Å². The summed E-state index contributed by atoms with van der Waals surface area (Å²) in [5.74, 6) is 0.612. The summed E-state index contributed by atoms with van der Waals surface area (Å²) >= 11 is 0. The highest BCUT2D eigenvalue weighted by molar-refractivity contribution is 7.89. The number of rotatable bonds is 4. The van der Waals surface area contributed by atoms with E-state index in [1.54, 1.807) is 19.9 Å². The Morgan fingerprint density at radius 3 is 2.71 bits per heavy atom. The van der Waals surface area contributed by atoms with Crippen LogP contribution in [-0.2, 0) is 10.0 Å². The quantitative estimate of drug-likeness (QED) is 0.619. The van der Waals surface area contributed by atoms with Gasteiger partial charge in [-0.3, -0.25) is 10.1 Å². The molecule has 8 nitrogen and oxygen atoms in total. The van der Waals surface area contributed by atoms with Gasteiger partial charge in [-0.2, -0.15) is 4.31 Å². The van der Waals surface area contributed by atoms with E-state index in [-0.39, 0.29) is 10.6 Å². The SMILES string of the molecule is Cc1cc(C2CCCN2S(=O)(=O)c2cc([N+](=O)[O-])ccc2C)no1. The van der Waals surface area contributed by atoms with Crippen LogP contribution in [0.4, 0.5) is 5.69 Å². The minimum Gasteiger partial charge on any atom is -0.361 e. The number of aryl methyl sites for hydroxylation is 2. The van der Waals surface area contributed by atoms with Crippen LogP contribution in [0.3, 0.4) is 0 Å². The van der Waals surface area contributed by atoms with Gasteiger partial charge < -0.3 is 4.52 Å². The molecule has 0 radical (unpaired) electrons. The third-order valence-corrected chi connectivity index (χ3v) is 6.21. The van der Waals surface area contributed by atoms with Crippen LogP contribution < -0.4 is 0 Å².